The molecular weight excluding hydrogens is 260 g/mol. The molecule has 0 spiro atoms. The second-order valence-corrected chi connectivity index (χ2v) is 5.05. The molecule has 1 fully saturated rings. The van der Waals surface area contributed by atoms with E-state index < -0.39 is 5.76 Å². The number of oxazole rings is 1. The molecule has 0 atom stereocenters. The number of fused-ring (bicyclic) bond motifs is 1. The number of carbonyl (C=O) groups is 2. The molecule has 1 aromatic carbocycles. The van der Waals surface area contributed by atoms with E-state index >= 15 is 0 Å². The zero-order chi connectivity index (χ0) is 14.3. The van der Waals surface area contributed by atoms with E-state index in [0.29, 0.717) is 36.9 Å². The van der Waals surface area contributed by atoms with Crippen molar-refractivity contribution in [2.24, 2.45) is 5.92 Å². The van der Waals surface area contributed by atoms with Crippen molar-refractivity contribution in [1.82, 2.24) is 4.57 Å². The number of nitrogens with two attached hydrogens (primary N) is 1. The van der Waals surface area contributed by atoms with Gasteiger partial charge in [-0.05, 0) is 25.0 Å². The zero-order valence-electron chi connectivity index (χ0n) is 10.8. The maximum Gasteiger partial charge on any atom is 0.426 e. The molecule has 6 nitrogen and oxygen atoms in total. The number of aromatic nitrogens is 1. The number of anilines is 1. The van der Waals surface area contributed by atoms with Crippen LogP contribution in [-0.4, -0.2) is 16.3 Å². The molecule has 1 aromatic heterocycles. The zero-order valence-corrected chi connectivity index (χ0v) is 10.8. The van der Waals surface area contributed by atoms with Crippen molar-refractivity contribution in [2.75, 3.05) is 5.73 Å². The molecule has 20 heavy (non-hydrogen) atoms. The summed E-state index contributed by atoms with van der Waals surface area (Å²) < 4.78 is 6.09. The molecule has 1 heterocycles. The van der Waals surface area contributed by atoms with Crippen LogP contribution in [0.5, 0.6) is 0 Å². The van der Waals surface area contributed by atoms with E-state index in [0.717, 1.165) is 4.57 Å². The monoisotopic (exact) mass is 274 g/mol. The van der Waals surface area contributed by atoms with Gasteiger partial charge in [-0.25, -0.2) is 9.36 Å². The molecular formula is C14H14N2O4. The fraction of sp³-hybridized carbons (Fsp3) is 0.357. The molecule has 2 N–H and O–H groups in total. The van der Waals surface area contributed by atoms with E-state index in [1.165, 1.54) is 0 Å². The summed E-state index contributed by atoms with van der Waals surface area (Å²) >= 11 is 0. The molecule has 0 radical (unpaired) electrons. The lowest BCUT2D eigenvalue weighted by Gasteiger charge is -2.19. The van der Waals surface area contributed by atoms with E-state index in [4.69, 9.17) is 10.2 Å². The second-order valence-electron chi connectivity index (χ2n) is 5.05. The Kier molecular flexibility index (Phi) is 2.93. The van der Waals surface area contributed by atoms with Crippen LogP contribution in [-0.2, 0) is 4.79 Å². The first-order valence-electron chi connectivity index (χ1n) is 6.54. The molecule has 2 aromatic rings. The van der Waals surface area contributed by atoms with Crippen molar-refractivity contribution < 1.29 is 14.0 Å². The molecule has 3 rings (SSSR count). The Bertz CT molecular complexity index is 746. The van der Waals surface area contributed by atoms with Crippen molar-refractivity contribution in [3.05, 3.63) is 28.7 Å². The van der Waals surface area contributed by atoms with Crippen molar-refractivity contribution in [3.63, 3.8) is 0 Å². The number of rotatable bonds is 1. The molecule has 6 heteroatoms. The van der Waals surface area contributed by atoms with Crippen LogP contribution in [0.25, 0.3) is 11.1 Å². The lowest BCUT2D eigenvalue weighted by Crippen LogP contribution is -2.31. The molecule has 0 amide bonds. The third-order valence-corrected chi connectivity index (χ3v) is 3.75. The molecule has 0 aliphatic heterocycles. The molecule has 0 bridgehead atoms. The molecule has 1 aliphatic rings. The Morgan fingerprint density at radius 1 is 1.25 bits per heavy atom. The molecule has 0 saturated heterocycles. The quantitative estimate of drug-likeness (QED) is 0.796. The van der Waals surface area contributed by atoms with Gasteiger partial charge < -0.3 is 10.2 Å². The number of nitrogens with zero attached hydrogens (tertiary/aromatic N) is 1. The van der Waals surface area contributed by atoms with Gasteiger partial charge in [0.1, 0.15) is 11.3 Å². The van der Waals surface area contributed by atoms with Gasteiger partial charge >= 0.3 is 5.76 Å². The standard InChI is InChI=1S/C14H14N2O4/c15-10-2-1-3-11-12(10)20-14(19)16(11)13(18)8-4-6-9(17)7-5-8/h1-3,8H,4-7,15H2. The second kappa shape index (κ2) is 4.63. The summed E-state index contributed by atoms with van der Waals surface area (Å²) in [6.07, 6.45) is 1.75. The van der Waals surface area contributed by atoms with Crippen LogP contribution < -0.4 is 11.5 Å². The van der Waals surface area contributed by atoms with E-state index in [2.05, 4.69) is 0 Å². The summed E-state index contributed by atoms with van der Waals surface area (Å²) in [5, 5.41) is 0. The number of carbonyl (C=O) groups excluding carboxylic acids is 2. The van der Waals surface area contributed by atoms with Crippen LogP contribution in [0.15, 0.2) is 27.4 Å². The SMILES string of the molecule is Nc1cccc2c1oc(=O)n2C(=O)C1CCC(=O)CC1. The summed E-state index contributed by atoms with van der Waals surface area (Å²) in [5.74, 6) is -1.18. The molecule has 0 unspecified atom stereocenters. The first-order chi connectivity index (χ1) is 9.58. The third-order valence-electron chi connectivity index (χ3n) is 3.75. The fourth-order valence-corrected chi connectivity index (χ4v) is 2.64. The van der Waals surface area contributed by atoms with E-state index in [1.807, 2.05) is 0 Å². The van der Waals surface area contributed by atoms with Crippen molar-refractivity contribution in [2.45, 2.75) is 25.7 Å². The minimum atomic E-state index is -0.722. The molecule has 104 valence electrons. The molecule has 1 saturated carbocycles. The lowest BCUT2D eigenvalue weighted by atomic mass is 9.88. The maximum absolute atomic E-state index is 12.5. The van der Waals surface area contributed by atoms with Gasteiger partial charge in [0.05, 0.1) is 5.69 Å². The highest BCUT2D eigenvalue weighted by Gasteiger charge is 2.29. The average molecular weight is 274 g/mol. The van der Waals surface area contributed by atoms with E-state index in [9.17, 15) is 14.4 Å². The van der Waals surface area contributed by atoms with Crippen molar-refractivity contribution >= 4 is 28.5 Å². The van der Waals surface area contributed by atoms with Gasteiger partial charge in [0.25, 0.3) is 0 Å². The van der Waals surface area contributed by atoms with Crippen LogP contribution in [0.2, 0.25) is 0 Å². The third kappa shape index (κ3) is 1.93. The average Bonchev–Trinajstić information content (AvgIpc) is 2.77. The number of ketones is 1. The minimum Gasteiger partial charge on any atom is -0.405 e. The summed E-state index contributed by atoms with van der Waals surface area (Å²) in [6.45, 7) is 0. The number of nitrogen functional groups attached to an aromatic ring is 1. The number of benzene rings is 1. The molecule has 1 aliphatic carbocycles. The number of para-hydroxylation sites is 1. The first kappa shape index (κ1) is 12.7. The minimum absolute atomic E-state index is 0.169. The topological polar surface area (TPSA) is 95.3 Å². The summed E-state index contributed by atoms with van der Waals surface area (Å²) in [7, 11) is 0. The van der Waals surface area contributed by atoms with Crippen molar-refractivity contribution in [3.8, 4) is 0 Å². The highest BCUT2D eigenvalue weighted by atomic mass is 16.4. The Hall–Kier alpha value is -2.37. The van der Waals surface area contributed by atoms with Gasteiger partial charge in [0.2, 0.25) is 5.91 Å². The largest absolute Gasteiger partial charge is 0.426 e. The highest BCUT2D eigenvalue weighted by molar-refractivity contribution is 5.95. The number of hydrogen-bond donors (Lipinski definition) is 1. The Balaban J connectivity index is 2.04. The first-order valence-corrected chi connectivity index (χ1v) is 6.54. The smallest absolute Gasteiger partial charge is 0.405 e. The van der Waals surface area contributed by atoms with Crippen LogP contribution in [0, 0.1) is 5.92 Å². The maximum atomic E-state index is 12.5. The Morgan fingerprint density at radius 2 is 1.95 bits per heavy atom. The fourth-order valence-electron chi connectivity index (χ4n) is 2.64. The van der Waals surface area contributed by atoms with Gasteiger partial charge in [-0.3, -0.25) is 9.59 Å². The Labute approximate surface area is 114 Å². The van der Waals surface area contributed by atoms with Gasteiger partial charge in [-0.15, -0.1) is 0 Å². The van der Waals surface area contributed by atoms with Gasteiger partial charge in [0, 0.05) is 18.8 Å². The van der Waals surface area contributed by atoms with Gasteiger partial charge in [-0.2, -0.15) is 0 Å². The summed E-state index contributed by atoms with van der Waals surface area (Å²) in [6, 6.07) is 4.91. The predicted molar refractivity (Wildman–Crippen MR) is 72.5 cm³/mol. The summed E-state index contributed by atoms with van der Waals surface area (Å²) in [5.41, 5.74) is 6.68. The van der Waals surface area contributed by atoms with Crippen LogP contribution in [0.4, 0.5) is 5.69 Å². The lowest BCUT2D eigenvalue weighted by molar-refractivity contribution is -0.120. The van der Waals surface area contributed by atoms with Gasteiger partial charge in [-0.1, -0.05) is 6.07 Å². The predicted octanol–water partition coefficient (Wildman–Crippen LogP) is 1.58. The van der Waals surface area contributed by atoms with Crippen LogP contribution >= 0.6 is 0 Å². The number of hydrogen-bond acceptors (Lipinski definition) is 5. The summed E-state index contributed by atoms with van der Waals surface area (Å²) in [4.78, 5) is 35.6. The van der Waals surface area contributed by atoms with Crippen molar-refractivity contribution in [1.29, 1.82) is 0 Å². The highest BCUT2D eigenvalue weighted by Crippen LogP contribution is 2.25. The number of Topliss-reactive ketones (excluding diaryl/α,β-unsaturated/α-hetero) is 1. The normalized spacial score (nSPS) is 16.7. The van der Waals surface area contributed by atoms with Crippen LogP contribution in [0.3, 0.4) is 0 Å². The van der Waals surface area contributed by atoms with E-state index in [1.54, 1.807) is 18.2 Å². The van der Waals surface area contributed by atoms with Crippen LogP contribution in [0.1, 0.15) is 30.5 Å². The Morgan fingerprint density at radius 3 is 2.65 bits per heavy atom. The van der Waals surface area contributed by atoms with Gasteiger partial charge in [0.15, 0.2) is 5.58 Å². The van der Waals surface area contributed by atoms with E-state index in [-0.39, 0.29) is 23.2 Å².